The molecule has 0 radical (unpaired) electrons. The summed E-state index contributed by atoms with van der Waals surface area (Å²) in [5.74, 6) is 1.80. The Labute approximate surface area is 147 Å². The van der Waals surface area contributed by atoms with E-state index in [0.29, 0.717) is 44.5 Å². The maximum atomic E-state index is 12.5. The van der Waals surface area contributed by atoms with Crippen LogP contribution in [0.5, 0.6) is 5.75 Å². The number of nitrogens with zero attached hydrogens (tertiary/aromatic N) is 4. The van der Waals surface area contributed by atoms with E-state index in [1.165, 1.54) is 0 Å². The van der Waals surface area contributed by atoms with Crippen LogP contribution in [-0.2, 0) is 11.2 Å². The molecular weight excluding hydrogens is 320 g/mol. The summed E-state index contributed by atoms with van der Waals surface area (Å²) in [5.41, 5.74) is 0.992. The third-order valence-electron chi connectivity index (χ3n) is 4.34. The molecule has 0 bridgehead atoms. The van der Waals surface area contributed by atoms with Gasteiger partial charge in [-0.15, -0.1) is 5.10 Å². The number of anilines is 1. The zero-order valence-corrected chi connectivity index (χ0v) is 14.9. The fourth-order valence-electron chi connectivity index (χ4n) is 2.76. The van der Waals surface area contributed by atoms with Crippen LogP contribution in [0.2, 0.25) is 0 Å². The van der Waals surface area contributed by atoms with Gasteiger partial charge in [-0.3, -0.25) is 4.79 Å². The minimum atomic E-state index is 0.137. The van der Waals surface area contributed by atoms with E-state index < -0.39 is 0 Å². The number of hydrogen-bond donors (Lipinski definition) is 0. The van der Waals surface area contributed by atoms with Crippen molar-refractivity contribution in [2.75, 3.05) is 38.2 Å². The SMILES string of the molecule is COc1ccc(CC(=O)N2CCN(c3nnc(C(C)C)o3)CC2)cc1. The van der Waals surface area contributed by atoms with Crippen molar-refractivity contribution in [3.05, 3.63) is 35.7 Å². The number of aromatic nitrogens is 2. The highest BCUT2D eigenvalue weighted by molar-refractivity contribution is 5.79. The zero-order valence-electron chi connectivity index (χ0n) is 14.9. The topological polar surface area (TPSA) is 71.7 Å². The number of carbonyl (C=O) groups is 1. The Balaban J connectivity index is 1.53. The number of ether oxygens (including phenoxy) is 1. The van der Waals surface area contributed by atoms with Gasteiger partial charge in [0.2, 0.25) is 11.8 Å². The lowest BCUT2D eigenvalue weighted by Gasteiger charge is -2.33. The fourth-order valence-corrected chi connectivity index (χ4v) is 2.76. The highest BCUT2D eigenvalue weighted by atomic mass is 16.5. The number of benzene rings is 1. The molecule has 134 valence electrons. The summed E-state index contributed by atoms with van der Waals surface area (Å²) >= 11 is 0. The molecule has 25 heavy (non-hydrogen) atoms. The first-order chi connectivity index (χ1) is 12.1. The fraction of sp³-hybridized carbons (Fsp3) is 0.500. The molecule has 1 saturated heterocycles. The third kappa shape index (κ3) is 4.10. The van der Waals surface area contributed by atoms with Crippen LogP contribution in [0.1, 0.15) is 31.2 Å². The van der Waals surface area contributed by atoms with E-state index in [1.54, 1.807) is 7.11 Å². The van der Waals surface area contributed by atoms with Gasteiger partial charge in [-0.05, 0) is 17.7 Å². The van der Waals surface area contributed by atoms with Crippen molar-refractivity contribution in [1.82, 2.24) is 15.1 Å². The van der Waals surface area contributed by atoms with Crippen LogP contribution >= 0.6 is 0 Å². The van der Waals surface area contributed by atoms with Crippen LogP contribution in [0.3, 0.4) is 0 Å². The number of amides is 1. The van der Waals surface area contributed by atoms with Gasteiger partial charge in [-0.25, -0.2) is 0 Å². The van der Waals surface area contributed by atoms with Crippen LogP contribution in [0.15, 0.2) is 28.7 Å². The Kier molecular flexibility index (Phi) is 5.21. The van der Waals surface area contributed by atoms with Gasteiger partial charge in [-0.2, -0.15) is 0 Å². The van der Waals surface area contributed by atoms with Gasteiger partial charge >= 0.3 is 6.01 Å². The van der Waals surface area contributed by atoms with Crippen molar-refractivity contribution >= 4 is 11.9 Å². The van der Waals surface area contributed by atoms with E-state index in [4.69, 9.17) is 9.15 Å². The summed E-state index contributed by atoms with van der Waals surface area (Å²) in [6, 6.07) is 8.16. The second-order valence-electron chi connectivity index (χ2n) is 6.47. The largest absolute Gasteiger partial charge is 0.497 e. The summed E-state index contributed by atoms with van der Waals surface area (Å²) in [4.78, 5) is 16.4. The van der Waals surface area contributed by atoms with Crippen LogP contribution in [0.4, 0.5) is 6.01 Å². The number of rotatable bonds is 5. The lowest BCUT2D eigenvalue weighted by molar-refractivity contribution is -0.130. The molecule has 0 unspecified atom stereocenters. The van der Waals surface area contributed by atoms with Gasteiger partial charge in [0.1, 0.15) is 5.75 Å². The number of piperazine rings is 1. The predicted molar refractivity (Wildman–Crippen MR) is 93.9 cm³/mol. The molecule has 1 fully saturated rings. The summed E-state index contributed by atoms with van der Waals surface area (Å²) < 4.78 is 10.8. The van der Waals surface area contributed by atoms with Crippen molar-refractivity contribution in [1.29, 1.82) is 0 Å². The average Bonchev–Trinajstić information content (AvgIpc) is 3.13. The molecule has 1 amide bonds. The molecule has 1 aliphatic rings. The summed E-state index contributed by atoms with van der Waals surface area (Å²) in [6.45, 7) is 6.77. The van der Waals surface area contributed by atoms with Crippen LogP contribution in [-0.4, -0.2) is 54.3 Å². The van der Waals surface area contributed by atoms with Gasteiger partial charge in [0.05, 0.1) is 13.5 Å². The quantitative estimate of drug-likeness (QED) is 0.827. The van der Waals surface area contributed by atoms with Crippen molar-refractivity contribution in [2.45, 2.75) is 26.2 Å². The maximum absolute atomic E-state index is 12.5. The molecule has 0 atom stereocenters. The Bertz CT molecular complexity index is 703. The molecular formula is C18H24N4O3. The van der Waals surface area contributed by atoms with Gasteiger partial charge in [0.15, 0.2) is 0 Å². The summed E-state index contributed by atoms with van der Waals surface area (Å²) in [5, 5.41) is 8.17. The lowest BCUT2D eigenvalue weighted by atomic mass is 10.1. The van der Waals surface area contributed by atoms with E-state index in [0.717, 1.165) is 11.3 Å². The third-order valence-corrected chi connectivity index (χ3v) is 4.34. The van der Waals surface area contributed by atoms with E-state index in [2.05, 4.69) is 10.2 Å². The van der Waals surface area contributed by atoms with Crippen molar-refractivity contribution in [3.63, 3.8) is 0 Å². The molecule has 2 heterocycles. The van der Waals surface area contributed by atoms with Crippen molar-refractivity contribution < 1.29 is 13.9 Å². The molecule has 2 aromatic rings. The van der Waals surface area contributed by atoms with E-state index >= 15 is 0 Å². The van der Waals surface area contributed by atoms with Crippen molar-refractivity contribution in [3.8, 4) is 5.75 Å². The molecule has 0 N–H and O–H groups in total. The second kappa shape index (κ2) is 7.55. The highest BCUT2D eigenvalue weighted by Gasteiger charge is 2.24. The second-order valence-corrected chi connectivity index (χ2v) is 6.47. The average molecular weight is 344 g/mol. The first kappa shape index (κ1) is 17.3. The van der Waals surface area contributed by atoms with Gasteiger partial charge in [-0.1, -0.05) is 31.1 Å². The number of methoxy groups -OCH3 is 1. The molecule has 0 aliphatic carbocycles. The van der Waals surface area contributed by atoms with E-state index in [9.17, 15) is 4.79 Å². The Morgan fingerprint density at radius 1 is 1.16 bits per heavy atom. The standard InChI is InChI=1S/C18H24N4O3/c1-13(2)17-19-20-18(25-17)22-10-8-21(9-11-22)16(23)12-14-4-6-15(24-3)7-5-14/h4-7,13H,8-12H2,1-3H3. The molecule has 1 aliphatic heterocycles. The predicted octanol–water partition coefficient (Wildman–Crippen LogP) is 2.09. The molecule has 7 heteroatoms. The normalized spacial score (nSPS) is 14.9. The van der Waals surface area contributed by atoms with Gasteiger partial charge in [0, 0.05) is 32.1 Å². The molecule has 0 spiro atoms. The summed E-state index contributed by atoms with van der Waals surface area (Å²) in [7, 11) is 1.63. The maximum Gasteiger partial charge on any atom is 0.318 e. The molecule has 1 aromatic heterocycles. The first-order valence-corrected chi connectivity index (χ1v) is 8.56. The zero-order chi connectivity index (χ0) is 17.8. The minimum absolute atomic E-state index is 0.137. The smallest absolute Gasteiger partial charge is 0.318 e. The first-order valence-electron chi connectivity index (χ1n) is 8.56. The lowest BCUT2D eigenvalue weighted by Crippen LogP contribution is -2.49. The number of carbonyl (C=O) groups excluding carboxylic acids is 1. The Morgan fingerprint density at radius 2 is 1.84 bits per heavy atom. The molecule has 0 saturated carbocycles. The molecule has 1 aromatic carbocycles. The molecule has 7 nitrogen and oxygen atoms in total. The van der Waals surface area contributed by atoms with Crippen molar-refractivity contribution in [2.24, 2.45) is 0 Å². The van der Waals surface area contributed by atoms with Crippen LogP contribution < -0.4 is 9.64 Å². The summed E-state index contributed by atoms with van der Waals surface area (Å²) in [6.07, 6.45) is 0.405. The Hall–Kier alpha value is -2.57. The van der Waals surface area contributed by atoms with Crippen LogP contribution in [0.25, 0.3) is 0 Å². The van der Waals surface area contributed by atoms with Gasteiger partial charge in [0.25, 0.3) is 0 Å². The van der Waals surface area contributed by atoms with E-state index in [-0.39, 0.29) is 11.8 Å². The monoisotopic (exact) mass is 344 g/mol. The van der Waals surface area contributed by atoms with Gasteiger partial charge < -0.3 is 19.0 Å². The van der Waals surface area contributed by atoms with Crippen LogP contribution in [0, 0.1) is 0 Å². The molecule has 3 rings (SSSR count). The number of hydrogen-bond acceptors (Lipinski definition) is 6. The van der Waals surface area contributed by atoms with E-state index in [1.807, 2.05) is 47.9 Å². The Morgan fingerprint density at radius 3 is 2.40 bits per heavy atom. The highest BCUT2D eigenvalue weighted by Crippen LogP contribution is 2.20. The minimum Gasteiger partial charge on any atom is -0.497 e.